The van der Waals surface area contributed by atoms with Crippen LogP contribution in [0.15, 0.2) is 23.2 Å². The average Bonchev–Trinajstić information content (AvgIpc) is 2.59. The second-order valence-electron chi connectivity index (χ2n) is 5.27. The van der Waals surface area contributed by atoms with Crippen molar-refractivity contribution in [2.45, 2.75) is 30.8 Å². The van der Waals surface area contributed by atoms with Crippen LogP contribution in [0, 0.1) is 0 Å². The lowest BCUT2D eigenvalue weighted by atomic mass is 10.3. The third-order valence-corrected chi connectivity index (χ3v) is 5.60. The number of nitrogens with two attached hydrogens (primary N) is 1. The van der Waals surface area contributed by atoms with Gasteiger partial charge in [0.2, 0.25) is 10.0 Å². The maximum absolute atomic E-state index is 12.7. The van der Waals surface area contributed by atoms with Crippen LogP contribution in [0.1, 0.15) is 19.0 Å². The van der Waals surface area contributed by atoms with Crippen molar-refractivity contribution >= 4 is 10.0 Å². The van der Waals surface area contributed by atoms with E-state index in [1.807, 2.05) is 14.0 Å². The van der Waals surface area contributed by atoms with Crippen LogP contribution < -0.4 is 5.73 Å². The summed E-state index contributed by atoms with van der Waals surface area (Å²) in [6.07, 6.45) is 2.24. The predicted molar refractivity (Wildman–Crippen MR) is 77.6 cm³/mol. The van der Waals surface area contributed by atoms with Gasteiger partial charge in [0.15, 0.2) is 0 Å². The van der Waals surface area contributed by atoms with Gasteiger partial charge in [-0.1, -0.05) is 0 Å². The zero-order valence-corrected chi connectivity index (χ0v) is 12.8. The molecule has 2 rings (SSSR count). The van der Waals surface area contributed by atoms with Crippen LogP contribution >= 0.6 is 0 Å². The Bertz CT molecular complexity index is 544. The molecular weight excluding hydrogens is 276 g/mol. The number of likely N-dealkylation sites (N-methyl/N-ethyl adjacent to an activating group) is 1. The standard InChI is InChI=1S/C13H22N4O2S/c1-11-10-16(2)6-3-7-17(11)20(18,19)13-5-4-12(8-14)15-9-13/h4-5,9,11H,3,6-8,10,14H2,1-2H3. The van der Waals surface area contributed by atoms with Crippen LogP contribution in [0.3, 0.4) is 0 Å². The van der Waals surface area contributed by atoms with Gasteiger partial charge >= 0.3 is 0 Å². The summed E-state index contributed by atoms with van der Waals surface area (Å²) in [5, 5.41) is 0. The van der Waals surface area contributed by atoms with Crippen molar-refractivity contribution in [3.8, 4) is 0 Å². The molecule has 6 nitrogen and oxygen atoms in total. The Morgan fingerprint density at radius 2 is 2.15 bits per heavy atom. The van der Waals surface area contributed by atoms with Crippen LogP contribution in [0.25, 0.3) is 0 Å². The largest absolute Gasteiger partial charge is 0.325 e. The third kappa shape index (κ3) is 3.17. The molecule has 112 valence electrons. The number of aromatic nitrogens is 1. The minimum atomic E-state index is -3.48. The maximum atomic E-state index is 12.7. The second-order valence-corrected chi connectivity index (χ2v) is 7.16. The molecular formula is C13H22N4O2S. The fraction of sp³-hybridized carbons (Fsp3) is 0.615. The maximum Gasteiger partial charge on any atom is 0.244 e. The second kappa shape index (κ2) is 6.17. The number of hydrogen-bond donors (Lipinski definition) is 1. The van der Waals surface area contributed by atoms with Crippen molar-refractivity contribution in [2.24, 2.45) is 5.73 Å². The lowest BCUT2D eigenvalue weighted by Crippen LogP contribution is -2.41. The van der Waals surface area contributed by atoms with Crippen LogP contribution in [0.2, 0.25) is 0 Å². The van der Waals surface area contributed by atoms with Gasteiger partial charge in [-0.05, 0) is 39.1 Å². The lowest BCUT2D eigenvalue weighted by molar-refractivity contribution is 0.290. The first-order chi connectivity index (χ1) is 9.45. The molecule has 1 fully saturated rings. The zero-order valence-electron chi connectivity index (χ0n) is 12.0. The summed E-state index contributed by atoms with van der Waals surface area (Å²) in [4.78, 5) is 6.48. The van der Waals surface area contributed by atoms with Gasteiger partial charge in [-0.15, -0.1) is 0 Å². The Hall–Kier alpha value is -1.02. The van der Waals surface area contributed by atoms with Gasteiger partial charge in [0.1, 0.15) is 4.90 Å². The van der Waals surface area contributed by atoms with Crippen molar-refractivity contribution in [1.29, 1.82) is 0 Å². The van der Waals surface area contributed by atoms with E-state index >= 15 is 0 Å². The number of pyridine rings is 1. The van der Waals surface area contributed by atoms with Gasteiger partial charge in [-0.3, -0.25) is 4.98 Å². The van der Waals surface area contributed by atoms with Crippen molar-refractivity contribution in [2.75, 3.05) is 26.7 Å². The molecule has 0 saturated carbocycles. The summed E-state index contributed by atoms with van der Waals surface area (Å²) >= 11 is 0. The van der Waals surface area contributed by atoms with Crippen molar-refractivity contribution in [1.82, 2.24) is 14.2 Å². The molecule has 1 atom stereocenters. The van der Waals surface area contributed by atoms with Gasteiger partial charge in [-0.2, -0.15) is 4.31 Å². The highest BCUT2D eigenvalue weighted by atomic mass is 32.2. The van der Waals surface area contributed by atoms with E-state index in [9.17, 15) is 8.42 Å². The van der Waals surface area contributed by atoms with E-state index in [1.54, 1.807) is 16.4 Å². The third-order valence-electron chi connectivity index (χ3n) is 3.60. The Labute approximate surface area is 120 Å². The van der Waals surface area contributed by atoms with Crippen LogP contribution in [-0.2, 0) is 16.6 Å². The highest BCUT2D eigenvalue weighted by Gasteiger charge is 2.31. The van der Waals surface area contributed by atoms with Crippen molar-refractivity contribution in [3.05, 3.63) is 24.0 Å². The fourth-order valence-electron chi connectivity index (χ4n) is 2.53. The Kier molecular flexibility index (Phi) is 4.74. The van der Waals surface area contributed by atoms with Gasteiger partial charge in [0.25, 0.3) is 0 Å². The molecule has 1 aromatic heterocycles. The van der Waals surface area contributed by atoms with Crippen LogP contribution in [0.5, 0.6) is 0 Å². The van der Waals surface area contributed by atoms with E-state index in [0.29, 0.717) is 18.8 Å². The molecule has 0 aliphatic carbocycles. The Morgan fingerprint density at radius 1 is 1.40 bits per heavy atom. The molecule has 0 bridgehead atoms. The summed E-state index contributed by atoms with van der Waals surface area (Å²) in [5.74, 6) is 0. The van der Waals surface area contributed by atoms with Gasteiger partial charge in [0, 0.05) is 31.9 Å². The summed E-state index contributed by atoms with van der Waals surface area (Å²) < 4.78 is 27.0. The quantitative estimate of drug-likeness (QED) is 0.865. The SMILES string of the molecule is CC1CN(C)CCCN1S(=O)(=O)c1ccc(CN)nc1. The minimum Gasteiger partial charge on any atom is -0.325 e. The molecule has 0 spiro atoms. The Balaban J connectivity index is 2.28. The molecule has 1 aliphatic heterocycles. The topological polar surface area (TPSA) is 79.5 Å². The molecule has 1 aliphatic rings. The molecule has 0 amide bonds. The average molecular weight is 298 g/mol. The molecule has 1 saturated heterocycles. The lowest BCUT2D eigenvalue weighted by Gasteiger charge is -2.27. The molecule has 2 N–H and O–H groups in total. The van der Waals surface area contributed by atoms with Gasteiger partial charge < -0.3 is 10.6 Å². The first-order valence-corrected chi connectivity index (χ1v) is 8.24. The smallest absolute Gasteiger partial charge is 0.244 e. The highest BCUT2D eigenvalue weighted by molar-refractivity contribution is 7.89. The number of nitrogens with zero attached hydrogens (tertiary/aromatic N) is 3. The summed E-state index contributed by atoms with van der Waals surface area (Å²) in [5.41, 5.74) is 6.17. The van der Waals surface area contributed by atoms with Crippen molar-refractivity contribution in [3.63, 3.8) is 0 Å². The predicted octanol–water partition coefficient (Wildman–Crippen LogP) is 0.255. The van der Waals surface area contributed by atoms with E-state index in [4.69, 9.17) is 5.73 Å². The van der Waals surface area contributed by atoms with E-state index in [0.717, 1.165) is 19.5 Å². The number of hydrogen-bond acceptors (Lipinski definition) is 5. The monoisotopic (exact) mass is 298 g/mol. The summed E-state index contributed by atoms with van der Waals surface area (Å²) in [6, 6.07) is 3.22. The normalized spacial score (nSPS) is 22.6. The van der Waals surface area contributed by atoms with E-state index < -0.39 is 10.0 Å². The van der Waals surface area contributed by atoms with Crippen LogP contribution in [0.4, 0.5) is 0 Å². The molecule has 20 heavy (non-hydrogen) atoms. The molecule has 1 unspecified atom stereocenters. The van der Waals surface area contributed by atoms with E-state index in [1.165, 1.54) is 6.20 Å². The summed E-state index contributed by atoms with van der Waals surface area (Å²) in [7, 11) is -1.46. The minimum absolute atomic E-state index is 0.0401. The molecule has 2 heterocycles. The first kappa shape index (κ1) is 15.4. The zero-order chi connectivity index (χ0) is 14.8. The Morgan fingerprint density at radius 3 is 2.75 bits per heavy atom. The van der Waals surface area contributed by atoms with Crippen molar-refractivity contribution < 1.29 is 8.42 Å². The number of rotatable bonds is 3. The highest BCUT2D eigenvalue weighted by Crippen LogP contribution is 2.20. The van der Waals surface area contributed by atoms with Crippen LogP contribution in [-0.4, -0.2) is 55.3 Å². The number of sulfonamides is 1. The fourth-order valence-corrected chi connectivity index (χ4v) is 4.13. The molecule has 0 radical (unpaired) electrons. The van der Waals surface area contributed by atoms with Gasteiger partial charge in [-0.25, -0.2) is 8.42 Å². The molecule has 1 aromatic rings. The van der Waals surface area contributed by atoms with Gasteiger partial charge in [0.05, 0.1) is 5.69 Å². The van der Waals surface area contributed by atoms with E-state index in [-0.39, 0.29) is 10.9 Å². The first-order valence-electron chi connectivity index (χ1n) is 6.80. The summed E-state index contributed by atoms with van der Waals surface area (Å²) in [6.45, 7) is 4.47. The molecule has 0 aromatic carbocycles. The molecule has 7 heteroatoms. The van der Waals surface area contributed by atoms with E-state index in [2.05, 4.69) is 9.88 Å².